The normalized spacial score (nSPS) is 18.6. The molecule has 3 aromatic rings. The van der Waals surface area contributed by atoms with E-state index in [-0.39, 0.29) is 12.4 Å². The van der Waals surface area contributed by atoms with Crippen molar-refractivity contribution in [2.24, 2.45) is 0 Å². The van der Waals surface area contributed by atoms with Gasteiger partial charge in [-0.05, 0) is 30.3 Å². The first kappa shape index (κ1) is 19.2. The van der Waals surface area contributed by atoms with Crippen molar-refractivity contribution in [3.8, 4) is 5.88 Å². The number of para-hydroxylation sites is 1. The zero-order valence-electron chi connectivity index (χ0n) is 15.1. The fourth-order valence-electron chi connectivity index (χ4n) is 3.27. The summed E-state index contributed by atoms with van der Waals surface area (Å²) >= 11 is 0. The zero-order chi connectivity index (χ0) is 20.6. The van der Waals surface area contributed by atoms with Gasteiger partial charge in [0.1, 0.15) is 11.6 Å². The fourth-order valence-corrected chi connectivity index (χ4v) is 3.27. The van der Waals surface area contributed by atoms with Gasteiger partial charge in [0, 0.05) is 24.4 Å². The quantitative estimate of drug-likeness (QED) is 0.606. The van der Waals surface area contributed by atoms with Gasteiger partial charge in [-0.3, -0.25) is 4.79 Å². The second-order valence-electron chi connectivity index (χ2n) is 6.84. The number of ether oxygens (including phenoxy) is 1. The molecular formula is C21H16F4N2O2. The Balaban J connectivity index is 1.56. The van der Waals surface area contributed by atoms with Crippen molar-refractivity contribution in [3.05, 3.63) is 71.8 Å². The van der Waals surface area contributed by atoms with Crippen LogP contribution in [0.25, 0.3) is 10.9 Å². The number of carbonyl (C=O) groups is 1. The van der Waals surface area contributed by atoms with Crippen LogP contribution in [0.5, 0.6) is 5.88 Å². The molecule has 8 heteroatoms. The first-order chi connectivity index (χ1) is 13.8. The molecule has 0 saturated carbocycles. The minimum atomic E-state index is -3.20. The van der Waals surface area contributed by atoms with E-state index in [1.54, 1.807) is 18.2 Å². The molecule has 0 spiro atoms. The fraction of sp³-hybridized carbons (Fsp3) is 0.238. The molecule has 0 bridgehead atoms. The van der Waals surface area contributed by atoms with Gasteiger partial charge in [0.25, 0.3) is 11.8 Å². The van der Waals surface area contributed by atoms with Crippen LogP contribution in [-0.4, -0.2) is 40.9 Å². The van der Waals surface area contributed by atoms with Crippen molar-refractivity contribution in [1.82, 2.24) is 9.88 Å². The molecular weight excluding hydrogens is 388 g/mol. The lowest BCUT2D eigenvalue weighted by atomic mass is 10.0. The Hall–Kier alpha value is -3.16. The van der Waals surface area contributed by atoms with Crippen molar-refractivity contribution in [3.63, 3.8) is 0 Å². The van der Waals surface area contributed by atoms with E-state index >= 15 is 0 Å². The summed E-state index contributed by atoms with van der Waals surface area (Å²) in [6.07, 6.45) is -2.32. The summed E-state index contributed by atoms with van der Waals surface area (Å²) < 4.78 is 61.6. The maximum Gasteiger partial charge on any atom is 0.287 e. The highest BCUT2D eigenvalue weighted by Gasteiger charge is 2.47. The summed E-state index contributed by atoms with van der Waals surface area (Å²) in [7, 11) is 0. The Bertz CT molecular complexity index is 1070. The van der Waals surface area contributed by atoms with Crippen LogP contribution >= 0.6 is 0 Å². The number of aromatic nitrogens is 1. The second-order valence-corrected chi connectivity index (χ2v) is 6.84. The summed E-state index contributed by atoms with van der Waals surface area (Å²) in [5, 5.41) is 0.827. The van der Waals surface area contributed by atoms with Gasteiger partial charge >= 0.3 is 0 Å². The van der Waals surface area contributed by atoms with E-state index in [2.05, 4.69) is 4.98 Å². The van der Waals surface area contributed by atoms with Crippen molar-refractivity contribution < 1.29 is 27.1 Å². The molecule has 0 radical (unpaired) electrons. The number of nitrogens with zero attached hydrogens (tertiary/aromatic N) is 2. The SMILES string of the molecule is O=C(c1cc(F)ccc1F)N1CCC(F)(F)C(Oc2ccc3ccccc3n2)C1. The number of benzene rings is 2. The van der Waals surface area contributed by atoms with Crippen molar-refractivity contribution >= 4 is 16.8 Å². The van der Waals surface area contributed by atoms with Crippen LogP contribution in [0.2, 0.25) is 0 Å². The smallest absolute Gasteiger partial charge is 0.287 e. The molecule has 0 aliphatic carbocycles. The Kier molecular flexibility index (Phi) is 4.86. The standard InChI is InChI=1S/C21H16F4N2O2/c22-14-6-7-16(23)15(11-14)20(28)27-10-9-21(24,25)18(12-27)29-19-8-5-13-3-1-2-4-17(13)26-19/h1-8,11,18H,9-10,12H2. The lowest BCUT2D eigenvalue weighted by Crippen LogP contribution is -2.55. The number of rotatable bonds is 3. The number of alkyl halides is 2. The number of piperidine rings is 1. The molecule has 1 amide bonds. The summed E-state index contributed by atoms with van der Waals surface area (Å²) in [6, 6.07) is 12.8. The molecule has 29 heavy (non-hydrogen) atoms. The lowest BCUT2D eigenvalue weighted by molar-refractivity contribution is -0.131. The average molecular weight is 404 g/mol. The Morgan fingerprint density at radius 3 is 2.72 bits per heavy atom. The average Bonchev–Trinajstić information content (AvgIpc) is 2.71. The minimum Gasteiger partial charge on any atom is -0.466 e. The number of fused-ring (bicyclic) bond motifs is 1. The number of hydrogen-bond acceptors (Lipinski definition) is 3. The van der Waals surface area contributed by atoms with E-state index in [4.69, 9.17) is 4.74 Å². The number of likely N-dealkylation sites (tertiary alicyclic amines) is 1. The lowest BCUT2D eigenvalue weighted by Gasteiger charge is -2.38. The Labute approximate surface area is 163 Å². The van der Waals surface area contributed by atoms with Gasteiger partial charge in [0.05, 0.1) is 17.6 Å². The van der Waals surface area contributed by atoms with Gasteiger partial charge in [-0.2, -0.15) is 0 Å². The number of hydrogen-bond donors (Lipinski definition) is 0. The Morgan fingerprint density at radius 1 is 1.10 bits per heavy atom. The van der Waals surface area contributed by atoms with Crippen molar-refractivity contribution in [2.75, 3.05) is 13.1 Å². The summed E-state index contributed by atoms with van der Waals surface area (Å²) in [5.41, 5.74) is 0.0803. The minimum absolute atomic E-state index is 0.000361. The highest BCUT2D eigenvalue weighted by atomic mass is 19.3. The third-order valence-electron chi connectivity index (χ3n) is 4.85. The molecule has 1 fully saturated rings. The molecule has 0 N–H and O–H groups in total. The van der Waals surface area contributed by atoms with Gasteiger partial charge in [-0.1, -0.05) is 18.2 Å². The van der Waals surface area contributed by atoms with Crippen molar-refractivity contribution in [2.45, 2.75) is 18.4 Å². The summed E-state index contributed by atoms with van der Waals surface area (Å²) in [5.74, 6) is -5.77. The monoisotopic (exact) mass is 404 g/mol. The van der Waals surface area contributed by atoms with E-state index in [9.17, 15) is 22.4 Å². The van der Waals surface area contributed by atoms with Crippen LogP contribution in [0.3, 0.4) is 0 Å². The molecule has 1 aliphatic rings. The molecule has 4 rings (SSSR count). The van der Waals surface area contributed by atoms with Gasteiger partial charge < -0.3 is 9.64 Å². The largest absolute Gasteiger partial charge is 0.466 e. The zero-order valence-corrected chi connectivity index (χ0v) is 15.1. The van der Waals surface area contributed by atoms with Gasteiger partial charge in [0.2, 0.25) is 5.88 Å². The summed E-state index contributed by atoms with van der Waals surface area (Å²) in [6.45, 7) is -0.775. The molecule has 1 aromatic heterocycles. The van der Waals surface area contributed by atoms with E-state index in [1.807, 2.05) is 12.1 Å². The molecule has 1 unspecified atom stereocenters. The molecule has 150 valence electrons. The predicted molar refractivity (Wildman–Crippen MR) is 98.0 cm³/mol. The molecule has 2 heterocycles. The van der Waals surface area contributed by atoms with E-state index in [1.165, 1.54) is 6.07 Å². The maximum absolute atomic E-state index is 14.4. The predicted octanol–water partition coefficient (Wildman–Crippen LogP) is 4.44. The number of amides is 1. The Morgan fingerprint density at radius 2 is 1.90 bits per heavy atom. The highest BCUT2D eigenvalue weighted by Crippen LogP contribution is 2.32. The number of carbonyl (C=O) groups excluding carboxylic acids is 1. The highest BCUT2D eigenvalue weighted by molar-refractivity contribution is 5.94. The van der Waals surface area contributed by atoms with Crippen LogP contribution in [0, 0.1) is 11.6 Å². The van der Waals surface area contributed by atoms with Gasteiger partial charge in [-0.15, -0.1) is 0 Å². The number of pyridine rings is 1. The van der Waals surface area contributed by atoms with E-state index < -0.39 is 48.1 Å². The third kappa shape index (κ3) is 3.87. The molecule has 1 aliphatic heterocycles. The van der Waals surface area contributed by atoms with Crippen LogP contribution in [0.1, 0.15) is 16.8 Å². The second kappa shape index (κ2) is 7.35. The molecule has 2 aromatic carbocycles. The van der Waals surface area contributed by atoms with Crippen LogP contribution in [-0.2, 0) is 0 Å². The topological polar surface area (TPSA) is 42.4 Å². The van der Waals surface area contributed by atoms with E-state index in [0.717, 1.165) is 28.5 Å². The van der Waals surface area contributed by atoms with Crippen LogP contribution in [0.15, 0.2) is 54.6 Å². The van der Waals surface area contributed by atoms with Gasteiger partial charge in [0.15, 0.2) is 6.10 Å². The first-order valence-electron chi connectivity index (χ1n) is 8.98. The van der Waals surface area contributed by atoms with E-state index in [0.29, 0.717) is 5.52 Å². The van der Waals surface area contributed by atoms with Crippen LogP contribution < -0.4 is 4.74 Å². The third-order valence-corrected chi connectivity index (χ3v) is 4.85. The molecule has 4 nitrogen and oxygen atoms in total. The van der Waals surface area contributed by atoms with Gasteiger partial charge in [-0.25, -0.2) is 22.5 Å². The summed E-state index contributed by atoms with van der Waals surface area (Å²) in [4.78, 5) is 17.8. The maximum atomic E-state index is 14.4. The van der Waals surface area contributed by atoms with Crippen LogP contribution in [0.4, 0.5) is 17.6 Å². The number of halogens is 4. The first-order valence-corrected chi connectivity index (χ1v) is 8.98. The molecule has 1 atom stereocenters. The van der Waals surface area contributed by atoms with Crippen molar-refractivity contribution in [1.29, 1.82) is 0 Å². The molecule has 1 saturated heterocycles.